The molecule has 0 aliphatic heterocycles. The van der Waals surface area contributed by atoms with Gasteiger partial charge in [-0.05, 0) is 43.5 Å². The molecule has 112 valence electrons. The lowest BCUT2D eigenvalue weighted by Crippen LogP contribution is -2.32. The first-order chi connectivity index (χ1) is 9.60. The molecular weight excluding hydrogens is 255 g/mol. The summed E-state index contributed by atoms with van der Waals surface area (Å²) in [6, 6.07) is 4.80. The Kier molecular flexibility index (Phi) is 5.38. The van der Waals surface area contributed by atoms with E-state index < -0.39 is 0 Å². The Morgan fingerprint density at radius 3 is 2.70 bits per heavy atom. The van der Waals surface area contributed by atoms with E-state index in [9.17, 15) is 4.39 Å². The zero-order valence-electron chi connectivity index (χ0n) is 12.4. The second-order valence-corrected chi connectivity index (χ2v) is 5.87. The van der Waals surface area contributed by atoms with Crippen LogP contribution >= 0.6 is 0 Å². The van der Waals surface area contributed by atoms with Gasteiger partial charge >= 0.3 is 0 Å². The standard InChI is InChI=1S/C16H25FN2O/c1-19(10-12-5-3-4-6-12)11-15(18)13-7-8-16(20-2)14(17)9-13/h7-9,12,15H,3-6,10-11,18H2,1-2H3. The molecule has 0 radical (unpaired) electrons. The van der Waals surface area contributed by atoms with Gasteiger partial charge in [0.1, 0.15) is 0 Å². The summed E-state index contributed by atoms with van der Waals surface area (Å²) < 4.78 is 18.6. The number of benzene rings is 1. The largest absolute Gasteiger partial charge is 0.494 e. The summed E-state index contributed by atoms with van der Waals surface area (Å²) in [7, 11) is 3.56. The normalized spacial score (nSPS) is 17.6. The maximum absolute atomic E-state index is 13.7. The first-order valence-corrected chi connectivity index (χ1v) is 7.37. The zero-order chi connectivity index (χ0) is 14.5. The van der Waals surface area contributed by atoms with Gasteiger partial charge in [-0.3, -0.25) is 0 Å². The number of hydrogen-bond donors (Lipinski definition) is 1. The third-order valence-corrected chi connectivity index (χ3v) is 4.16. The minimum Gasteiger partial charge on any atom is -0.494 e. The van der Waals surface area contributed by atoms with Crippen molar-refractivity contribution in [3.63, 3.8) is 0 Å². The van der Waals surface area contributed by atoms with Crippen molar-refractivity contribution in [1.29, 1.82) is 0 Å². The Balaban J connectivity index is 1.89. The molecule has 0 aromatic heterocycles. The predicted octanol–water partition coefficient (Wildman–Crippen LogP) is 2.96. The minimum atomic E-state index is -0.348. The molecule has 1 aromatic carbocycles. The summed E-state index contributed by atoms with van der Waals surface area (Å²) in [6.45, 7) is 1.84. The third kappa shape index (κ3) is 3.93. The van der Waals surface area contributed by atoms with Crippen LogP contribution in [0.25, 0.3) is 0 Å². The van der Waals surface area contributed by atoms with Gasteiger partial charge in [0.25, 0.3) is 0 Å². The number of rotatable bonds is 6. The molecule has 1 fully saturated rings. The first kappa shape index (κ1) is 15.3. The lowest BCUT2D eigenvalue weighted by Gasteiger charge is -2.24. The molecule has 1 unspecified atom stereocenters. The number of halogens is 1. The molecular formula is C16H25FN2O. The van der Waals surface area contributed by atoms with Crippen molar-refractivity contribution in [1.82, 2.24) is 4.90 Å². The molecule has 1 aliphatic rings. The van der Waals surface area contributed by atoms with E-state index in [1.807, 2.05) is 6.07 Å². The highest BCUT2D eigenvalue weighted by molar-refractivity contribution is 5.31. The van der Waals surface area contributed by atoms with E-state index in [4.69, 9.17) is 10.5 Å². The van der Waals surface area contributed by atoms with Crippen LogP contribution in [0.1, 0.15) is 37.3 Å². The smallest absolute Gasteiger partial charge is 0.165 e. The van der Waals surface area contributed by atoms with Crippen LogP contribution in [-0.2, 0) is 0 Å². The second-order valence-electron chi connectivity index (χ2n) is 5.87. The van der Waals surface area contributed by atoms with Crippen molar-refractivity contribution < 1.29 is 9.13 Å². The zero-order valence-corrected chi connectivity index (χ0v) is 12.4. The molecule has 0 heterocycles. The Hall–Kier alpha value is -1.13. The van der Waals surface area contributed by atoms with Gasteiger partial charge in [0.05, 0.1) is 7.11 Å². The van der Waals surface area contributed by atoms with Gasteiger partial charge in [0, 0.05) is 19.1 Å². The molecule has 1 saturated carbocycles. The summed E-state index contributed by atoms with van der Waals surface area (Å²) in [5, 5.41) is 0. The number of ether oxygens (including phenoxy) is 1. The van der Waals surface area contributed by atoms with Crippen molar-refractivity contribution in [3.8, 4) is 5.75 Å². The van der Waals surface area contributed by atoms with Crippen LogP contribution in [0.3, 0.4) is 0 Å². The molecule has 2 N–H and O–H groups in total. The average molecular weight is 280 g/mol. The second kappa shape index (κ2) is 7.04. The van der Waals surface area contributed by atoms with Crippen molar-refractivity contribution >= 4 is 0 Å². The Labute approximate surface area is 120 Å². The van der Waals surface area contributed by atoms with Gasteiger partial charge < -0.3 is 15.4 Å². The quantitative estimate of drug-likeness (QED) is 0.870. The Morgan fingerprint density at radius 2 is 2.10 bits per heavy atom. The molecule has 4 heteroatoms. The summed E-state index contributed by atoms with van der Waals surface area (Å²) in [5.41, 5.74) is 7.00. The van der Waals surface area contributed by atoms with Crippen LogP contribution in [0, 0.1) is 11.7 Å². The van der Waals surface area contributed by atoms with E-state index in [-0.39, 0.29) is 17.6 Å². The SMILES string of the molecule is COc1ccc(C(N)CN(C)CC2CCCC2)cc1F. The van der Waals surface area contributed by atoms with Crippen LogP contribution in [0.15, 0.2) is 18.2 Å². The molecule has 20 heavy (non-hydrogen) atoms. The van der Waals surface area contributed by atoms with E-state index in [0.717, 1.165) is 24.6 Å². The fourth-order valence-electron chi connectivity index (χ4n) is 3.06. The van der Waals surface area contributed by atoms with E-state index >= 15 is 0 Å². The molecule has 0 saturated heterocycles. The van der Waals surface area contributed by atoms with Crippen LogP contribution in [0.4, 0.5) is 4.39 Å². The van der Waals surface area contributed by atoms with Gasteiger partial charge in [-0.1, -0.05) is 18.9 Å². The maximum Gasteiger partial charge on any atom is 0.165 e. The average Bonchev–Trinajstić information content (AvgIpc) is 2.91. The number of hydrogen-bond acceptors (Lipinski definition) is 3. The molecule has 1 aliphatic carbocycles. The number of nitrogens with two attached hydrogens (primary N) is 1. The lowest BCUT2D eigenvalue weighted by atomic mass is 10.0. The molecule has 1 aromatic rings. The van der Waals surface area contributed by atoms with Crippen molar-refractivity contribution in [2.24, 2.45) is 11.7 Å². The van der Waals surface area contributed by atoms with E-state index in [1.54, 1.807) is 6.07 Å². The summed E-state index contributed by atoms with van der Waals surface area (Å²) in [6.07, 6.45) is 5.37. The van der Waals surface area contributed by atoms with Gasteiger partial charge in [-0.15, -0.1) is 0 Å². The summed E-state index contributed by atoms with van der Waals surface area (Å²) >= 11 is 0. The predicted molar refractivity (Wildman–Crippen MR) is 79.3 cm³/mol. The maximum atomic E-state index is 13.7. The third-order valence-electron chi connectivity index (χ3n) is 4.16. The van der Waals surface area contributed by atoms with Gasteiger partial charge in [-0.2, -0.15) is 0 Å². The number of likely N-dealkylation sites (N-methyl/N-ethyl adjacent to an activating group) is 1. The van der Waals surface area contributed by atoms with Gasteiger partial charge in [0.2, 0.25) is 0 Å². The minimum absolute atomic E-state index is 0.165. The van der Waals surface area contributed by atoms with Crippen molar-refractivity contribution in [2.75, 3.05) is 27.2 Å². The highest BCUT2D eigenvalue weighted by Gasteiger charge is 2.18. The number of nitrogens with zero attached hydrogens (tertiary/aromatic N) is 1. The molecule has 0 amide bonds. The molecule has 1 atom stereocenters. The van der Waals surface area contributed by atoms with Crippen molar-refractivity contribution in [3.05, 3.63) is 29.6 Å². The van der Waals surface area contributed by atoms with Crippen LogP contribution in [-0.4, -0.2) is 32.1 Å². The highest BCUT2D eigenvalue weighted by Crippen LogP contribution is 2.26. The van der Waals surface area contributed by atoms with E-state index in [1.165, 1.54) is 38.9 Å². The van der Waals surface area contributed by atoms with Crippen LogP contribution in [0.2, 0.25) is 0 Å². The highest BCUT2D eigenvalue weighted by atomic mass is 19.1. The Morgan fingerprint density at radius 1 is 1.40 bits per heavy atom. The van der Waals surface area contributed by atoms with Crippen LogP contribution < -0.4 is 10.5 Å². The van der Waals surface area contributed by atoms with Gasteiger partial charge in [-0.25, -0.2) is 4.39 Å². The molecule has 0 bridgehead atoms. The summed E-state index contributed by atoms with van der Waals surface area (Å²) in [4.78, 5) is 2.27. The fraction of sp³-hybridized carbons (Fsp3) is 0.625. The fourth-order valence-corrected chi connectivity index (χ4v) is 3.06. The molecule has 3 nitrogen and oxygen atoms in total. The van der Waals surface area contributed by atoms with E-state index in [0.29, 0.717) is 0 Å². The summed E-state index contributed by atoms with van der Waals surface area (Å²) in [5.74, 6) is 0.721. The number of methoxy groups -OCH3 is 1. The van der Waals surface area contributed by atoms with Crippen molar-refractivity contribution in [2.45, 2.75) is 31.7 Å². The molecule has 2 rings (SSSR count). The van der Waals surface area contributed by atoms with Gasteiger partial charge in [0.15, 0.2) is 11.6 Å². The Bertz CT molecular complexity index is 432. The topological polar surface area (TPSA) is 38.5 Å². The van der Waals surface area contributed by atoms with Crippen LogP contribution in [0.5, 0.6) is 5.75 Å². The van der Waals surface area contributed by atoms with E-state index in [2.05, 4.69) is 11.9 Å². The first-order valence-electron chi connectivity index (χ1n) is 7.37. The monoisotopic (exact) mass is 280 g/mol. The molecule has 0 spiro atoms. The lowest BCUT2D eigenvalue weighted by molar-refractivity contribution is 0.263.